The van der Waals surface area contributed by atoms with Gasteiger partial charge in [-0.1, -0.05) is 6.07 Å². The fourth-order valence-electron chi connectivity index (χ4n) is 1.48. The zero-order valence-corrected chi connectivity index (χ0v) is 9.88. The molecule has 0 amide bonds. The first-order chi connectivity index (χ1) is 7.90. The molecule has 0 saturated heterocycles. The van der Waals surface area contributed by atoms with Crippen LogP contribution in [0.4, 0.5) is 19.0 Å². The molecular weight excluding hydrogens is 231 g/mol. The number of rotatable bonds is 5. The molecule has 0 atom stereocenters. The minimum absolute atomic E-state index is 0.235. The molecule has 1 N–H and O–H groups in total. The Labute approximate surface area is 98.6 Å². The lowest BCUT2D eigenvalue weighted by Gasteiger charge is -2.18. The van der Waals surface area contributed by atoms with E-state index in [0.29, 0.717) is 0 Å². The number of nitrogens with zero attached hydrogens (tertiary/aromatic N) is 2. The van der Waals surface area contributed by atoms with Crippen molar-refractivity contribution in [1.29, 1.82) is 0 Å². The number of anilines is 1. The third kappa shape index (κ3) is 5.53. The summed E-state index contributed by atoms with van der Waals surface area (Å²) in [6, 6.07) is 3.54. The van der Waals surface area contributed by atoms with E-state index in [-0.39, 0.29) is 6.54 Å². The maximum atomic E-state index is 12.1. The first-order valence-corrected chi connectivity index (χ1v) is 5.35. The highest BCUT2D eigenvalue weighted by Crippen LogP contribution is 2.17. The molecule has 1 aromatic rings. The molecule has 0 radical (unpaired) electrons. The van der Waals surface area contributed by atoms with Crippen LogP contribution < -0.4 is 5.32 Å². The van der Waals surface area contributed by atoms with Crippen molar-refractivity contribution in [2.45, 2.75) is 19.6 Å². The maximum Gasteiger partial charge on any atom is 0.401 e. The molecule has 0 fully saturated rings. The number of hydrogen-bond acceptors (Lipinski definition) is 3. The van der Waals surface area contributed by atoms with E-state index < -0.39 is 12.7 Å². The Hall–Kier alpha value is -1.30. The topological polar surface area (TPSA) is 28.2 Å². The fourth-order valence-corrected chi connectivity index (χ4v) is 1.48. The van der Waals surface area contributed by atoms with Crippen LogP contribution in [0.5, 0.6) is 0 Å². The number of alkyl halides is 3. The van der Waals surface area contributed by atoms with Crippen molar-refractivity contribution >= 4 is 5.82 Å². The van der Waals surface area contributed by atoms with Gasteiger partial charge in [-0.05, 0) is 25.6 Å². The SMILES string of the molecule is CCNc1ccc(CN(C)CC(F)(F)F)cn1. The average molecular weight is 247 g/mol. The van der Waals surface area contributed by atoms with Crippen LogP contribution in [-0.4, -0.2) is 36.2 Å². The Morgan fingerprint density at radius 2 is 2.06 bits per heavy atom. The van der Waals surface area contributed by atoms with Gasteiger partial charge in [0.1, 0.15) is 5.82 Å². The number of hydrogen-bond donors (Lipinski definition) is 1. The molecule has 6 heteroatoms. The van der Waals surface area contributed by atoms with Gasteiger partial charge in [-0.2, -0.15) is 13.2 Å². The Kier molecular flexibility index (Phi) is 4.74. The largest absolute Gasteiger partial charge is 0.401 e. The van der Waals surface area contributed by atoms with E-state index in [2.05, 4.69) is 10.3 Å². The second-order valence-corrected chi connectivity index (χ2v) is 3.87. The van der Waals surface area contributed by atoms with E-state index in [4.69, 9.17) is 0 Å². The van der Waals surface area contributed by atoms with Crippen molar-refractivity contribution < 1.29 is 13.2 Å². The molecule has 1 heterocycles. The predicted octanol–water partition coefficient (Wildman–Crippen LogP) is 2.51. The van der Waals surface area contributed by atoms with E-state index in [1.807, 2.05) is 6.92 Å². The van der Waals surface area contributed by atoms with Crippen molar-refractivity contribution in [1.82, 2.24) is 9.88 Å². The molecule has 0 aliphatic heterocycles. The summed E-state index contributed by atoms with van der Waals surface area (Å²) in [6.45, 7) is 2.04. The Bertz CT molecular complexity index is 335. The van der Waals surface area contributed by atoms with Crippen LogP contribution in [0, 0.1) is 0 Å². The molecule has 0 bridgehead atoms. The molecule has 1 aromatic heterocycles. The lowest BCUT2D eigenvalue weighted by molar-refractivity contribution is -0.144. The van der Waals surface area contributed by atoms with Crippen LogP contribution in [0.1, 0.15) is 12.5 Å². The predicted molar refractivity (Wildman–Crippen MR) is 60.8 cm³/mol. The smallest absolute Gasteiger partial charge is 0.370 e. The minimum Gasteiger partial charge on any atom is -0.370 e. The monoisotopic (exact) mass is 247 g/mol. The van der Waals surface area contributed by atoms with E-state index in [1.54, 1.807) is 18.3 Å². The summed E-state index contributed by atoms with van der Waals surface area (Å²) < 4.78 is 36.3. The van der Waals surface area contributed by atoms with Gasteiger partial charge in [0.15, 0.2) is 0 Å². The molecular formula is C11H16F3N3. The normalized spacial score (nSPS) is 11.9. The third-order valence-corrected chi connectivity index (χ3v) is 2.08. The maximum absolute atomic E-state index is 12.1. The van der Waals surface area contributed by atoms with Gasteiger partial charge in [-0.25, -0.2) is 4.98 Å². The second kappa shape index (κ2) is 5.86. The average Bonchev–Trinajstić information content (AvgIpc) is 2.18. The molecule has 0 spiro atoms. The summed E-state index contributed by atoms with van der Waals surface area (Å²) in [5.74, 6) is 0.731. The molecule has 0 aliphatic rings. The van der Waals surface area contributed by atoms with E-state index in [0.717, 1.165) is 17.9 Å². The van der Waals surface area contributed by atoms with Gasteiger partial charge in [0.2, 0.25) is 0 Å². The first-order valence-electron chi connectivity index (χ1n) is 5.35. The molecule has 17 heavy (non-hydrogen) atoms. The van der Waals surface area contributed by atoms with Crippen LogP contribution in [-0.2, 0) is 6.54 Å². The summed E-state index contributed by atoms with van der Waals surface area (Å²) in [5, 5.41) is 3.02. The number of aromatic nitrogens is 1. The van der Waals surface area contributed by atoms with Crippen molar-refractivity contribution in [2.24, 2.45) is 0 Å². The minimum atomic E-state index is -4.16. The van der Waals surface area contributed by atoms with E-state index >= 15 is 0 Å². The summed E-state index contributed by atoms with van der Waals surface area (Å²) in [5.41, 5.74) is 0.762. The molecule has 96 valence electrons. The number of pyridine rings is 1. The lowest BCUT2D eigenvalue weighted by atomic mass is 10.2. The highest BCUT2D eigenvalue weighted by atomic mass is 19.4. The Morgan fingerprint density at radius 3 is 2.53 bits per heavy atom. The van der Waals surface area contributed by atoms with Gasteiger partial charge in [0.05, 0.1) is 6.54 Å². The Balaban J connectivity index is 2.51. The second-order valence-electron chi connectivity index (χ2n) is 3.87. The van der Waals surface area contributed by atoms with Crippen molar-refractivity contribution in [3.05, 3.63) is 23.9 Å². The zero-order valence-electron chi connectivity index (χ0n) is 9.88. The van der Waals surface area contributed by atoms with Crippen molar-refractivity contribution in [2.75, 3.05) is 25.5 Å². The van der Waals surface area contributed by atoms with Gasteiger partial charge < -0.3 is 5.32 Å². The molecule has 0 aliphatic carbocycles. The summed E-state index contributed by atoms with van der Waals surface area (Å²) >= 11 is 0. The van der Waals surface area contributed by atoms with Gasteiger partial charge >= 0.3 is 6.18 Å². The van der Waals surface area contributed by atoms with Gasteiger partial charge in [-0.3, -0.25) is 4.90 Å². The fraction of sp³-hybridized carbons (Fsp3) is 0.545. The molecule has 0 unspecified atom stereocenters. The van der Waals surface area contributed by atoms with Gasteiger partial charge in [0.25, 0.3) is 0 Å². The number of halogens is 3. The molecule has 1 rings (SSSR count). The highest BCUT2D eigenvalue weighted by Gasteiger charge is 2.28. The van der Waals surface area contributed by atoms with Crippen LogP contribution in [0.25, 0.3) is 0 Å². The number of nitrogens with one attached hydrogen (secondary N) is 1. The first kappa shape index (κ1) is 13.8. The quantitative estimate of drug-likeness (QED) is 0.866. The summed E-state index contributed by atoms with van der Waals surface area (Å²) in [7, 11) is 1.44. The highest BCUT2D eigenvalue weighted by molar-refractivity contribution is 5.35. The van der Waals surface area contributed by atoms with Crippen molar-refractivity contribution in [3.8, 4) is 0 Å². The zero-order chi connectivity index (χ0) is 12.9. The van der Waals surface area contributed by atoms with Gasteiger partial charge in [-0.15, -0.1) is 0 Å². The Morgan fingerprint density at radius 1 is 1.35 bits per heavy atom. The van der Waals surface area contributed by atoms with Crippen LogP contribution in [0.15, 0.2) is 18.3 Å². The van der Waals surface area contributed by atoms with E-state index in [1.165, 1.54) is 11.9 Å². The van der Waals surface area contributed by atoms with E-state index in [9.17, 15) is 13.2 Å². The molecule has 3 nitrogen and oxygen atoms in total. The van der Waals surface area contributed by atoms with Crippen LogP contribution >= 0.6 is 0 Å². The molecule has 0 aromatic carbocycles. The van der Waals surface area contributed by atoms with Crippen LogP contribution in [0.2, 0.25) is 0 Å². The van der Waals surface area contributed by atoms with Crippen LogP contribution in [0.3, 0.4) is 0 Å². The lowest BCUT2D eigenvalue weighted by Crippen LogP contribution is -2.30. The third-order valence-electron chi connectivity index (χ3n) is 2.08. The summed E-state index contributed by atoms with van der Waals surface area (Å²) in [6.07, 6.45) is -2.57. The summed E-state index contributed by atoms with van der Waals surface area (Å²) in [4.78, 5) is 5.31. The molecule has 0 saturated carbocycles. The van der Waals surface area contributed by atoms with Gasteiger partial charge in [0, 0.05) is 19.3 Å². The van der Waals surface area contributed by atoms with Crippen molar-refractivity contribution in [3.63, 3.8) is 0 Å². The standard InChI is InChI=1S/C11H16F3N3/c1-3-15-10-5-4-9(6-16-10)7-17(2)8-11(12,13)14/h4-6H,3,7-8H2,1-2H3,(H,15,16).